The average Bonchev–Trinajstić information content (AvgIpc) is 3.28. The third-order valence-corrected chi connectivity index (χ3v) is 5.67. The van der Waals surface area contributed by atoms with Gasteiger partial charge in [-0.25, -0.2) is 4.79 Å². The van der Waals surface area contributed by atoms with Crippen LogP contribution in [0.1, 0.15) is 45.1 Å². The SMILES string of the molecule is N#Cc1ccc2c(c1)CN(C(=O)Nc1ccc(C(=O)N[C@H](CCO)c3ccccc3)cc1)C2. The monoisotopic (exact) mass is 440 g/mol. The number of urea groups is 1. The van der Waals surface area contributed by atoms with Crippen LogP contribution in [-0.4, -0.2) is 28.6 Å². The molecule has 4 rings (SSSR count). The lowest BCUT2D eigenvalue weighted by Gasteiger charge is -2.19. The Hall–Kier alpha value is -4.15. The molecule has 0 spiro atoms. The number of nitriles is 1. The Labute approximate surface area is 192 Å². The van der Waals surface area contributed by atoms with Crippen molar-refractivity contribution >= 4 is 17.6 Å². The van der Waals surface area contributed by atoms with E-state index in [4.69, 9.17) is 5.26 Å². The first-order valence-corrected chi connectivity index (χ1v) is 10.7. The topological polar surface area (TPSA) is 105 Å². The Morgan fingerprint density at radius 1 is 1.00 bits per heavy atom. The van der Waals surface area contributed by atoms with Crippen molar-refractivity contribution in [3.63, 3.8) is 0 Å². The van der Waals surface area contributed by atoms with Gasteiger partial charge in [-0.3, -0.25) is 4.79 Å². The molecule has 0 aliphatic carbocycles. The largest absolute Gasteiger partial charge is 0.396 e. The Kier molecular flexibility index (Phi) is 6.67. The number of hydrogen-bond donors (Lipinski definition) is 3. The van der Waals surface area contributed by atoms with Gasteiger partial charge >= 0.3 is 6.03 Å². The number of benzene rings is 3. The molecular formula is C26H24N4O3. The van der Waals surface area contributed by atoms with Gasteiger partial charge in [-0.05, 0) is 59.5 Å². The van der Waals surface area contributed by atoms with E-state index in [1.165, 1.54) is 0 Å². The fourth-order valence-electron chi connectivity index (χ4n) is 3.89. The van der Waals surface area contributed by atoms with Gasteiger partial charge in [0.1, 0.15) is 0 Å². The van der Waals surface area contributed by atoms with Crippen LogP contribution >= 0.6 is 0 Å². The van der Waals surface area contributed by atoms with Gasteiger partial charge in [0, 0.05) is 30.9 Å². The van der Waals surface area contributed by atoms with Crippen LogP contribution < -0.4 is 10.6 Å². The Morgan fingerprint density at radius 2 is 1.73 bits per heavy atom. The summed E-state index contributed by atoms with van der Waals surface area (Å²) in [4.78, 5) is 27.1. The van der Waals surface area contributed by atoms with Gasteiger partial charge in [0.2, 0.25) is 0 Å². The summed E-state index contributed by atoms with van der Waals surface area (Å²) in [5.74, 6) is -0.251. The smallest absolute Gasteiger partial charge is 0.322 e. The van der Waals surface area contributed by atoms with Crippen LogP contribution in [0.15, 0.2) is 72.8 Å². The normalized spacial score (nSPS) is 13.0. The van der Waals surface area contributed by atoms with Crippen LogP contribution in [0.25, 0.3) is 0 Å². The molecule has 0 radical (unpaired) electrons. The molecule has 0 unspecified atom stereocenters. The highest BCUT2D eigenvalue weighted by Crippen LogP contribution is 2.25. The lowest BCUT2D eigenvalue weighted by atomic mass is 10.0. The molecule has 166 valence electrons. The molecule has 3 aromatic carbocycles. The molecule has 1 heterocycles. The van der Waals surface area contributed by atoms with Gasteiger partial charge in [0.05, 0.1) is 17.7 Å². The van der Waals surface area contributed by atoms with Crippen molar-refractivity contribution in [3.8, 4) is 6.07 Å². The minimum Gasteiger partial charge on any atom is -0.396 e. The summed E-state index contributed by atoms with van der Waals surface area (Å²) in [6, 6.07) is 23.2. The molecule has 1 atom stereocenters. The molecule has 1 aliphatic rings. The van der Waals surface area contributed by atoms with Crippen molar-refractivity contribution in [2.45, 2.75) is 25.6 Å². The van der Waals surface area contributed by atoms with Gasteiger partial charge in [-0.2, -0.15) is 5.26 Å². The van der Waals surface area contributed by atoms with Gasteiger partial charge in [-0.1, -0.05) is 36.4 Å². The first-order chi connectivity index (χ1) is 16.1. The standard InChI is InChI=1S/C26H24N4O3/c27-15-18-6-7-21-16-30(17-22(21)14-18)26(33)28-23-10-8-20(9-11-23)25(32)29-24(12-13-31)19-4-2-1-3-5-19/h1-11,14,24,31H,12-13,16-17H2,(H,28,33)(H,29,32)/t24-/m1/s1. The number of nitrogens with one attached hydrogen (secondary N) is 2. The second-order valence-electron chi connectivity index (χ2n) is 7.91. The molecule has 0 aromatic heterocycles. The van der Waals surface area contributed by atoms with Crippen LogP contribution in [0.2, 0.25) is 0 Å². The molecule has 33 heavy (non-hydrogen) atoms. The number of carbonyl (C=O) groups is 2. The molecule has 3 N–H and O–H groups in total. The highest BCUT2D eigenvalue weighted by Gasteiger charge is 2.23. The maximum absolute atomic E-state index is 12.7. The number of amides is 3. The number of nitrogens with zero attached hydrogens (tertiary/aromatic N) is 2. The number of hydrogen-bond acceptors (Lipinski definition) is 4. The summed E-state index contributed by atoms with van der Waals surface area (Å²) >= 11 is 0. The highest BCUT2D eigenvalue weighted by atomic mass is 16.3. The third-order valence-electron chi connectivity index (χ3n) is 5.67. The molecule has 7 heteroatoms. The number of rotatable bonds is 6. The van der Waals surface area contributed by atoms with Crippen molar-refractivity contribution < 1.29 is 14.7 Å². The zero-order valence-corrected chi connectivity index (χ0v) is 18.0. The van der Waals surface area contributed by atoms with Gasteiger partial charge < -0.3 is 20.6 Å². The lowest BCUT2D eigenvalue weighted by molar-refractivity contribution is 0.0930. The number of aliphatic hydroxyl groups excluding tert-OH is 1. The molecule has 0 fully saturated rings. The lowest BCUT2D eigenvalue weighted by Crippen LogP contribution is -2.30. The fourth-order valence-corrected chi connectivity index (χ4v) is 3.89. The van der Waals surface area contributed by atoms with Crippen molar-refractivity contribution in [2.75, 3.05) is 11.9 Å². The highest BCUT2D eigenvalue weighted by molar-refractivity contribution is 5.95. The Bertz CT molecular complexity index is 1190. The molecule has 7 nitrogen and oxygen atoms in total. The summed E-state index contributed by atoms with van der Waals surface area (Å²) < 4.78 is 0. The van der Waals surface area contributed by atoms with Crippen molar-refractivity contribution in [1.29, 1.82) is 5.26 Å². The molecular weight excluding hydrogens is 416 g/mol. The average molecular weight is 441 g/mol. The second-order valence-corrected chi connectivity index (χ2v) is 7.91. The van der Waals surface area contributed by atoms with Crippen LogP contribution in [-0.2, 0) is 13.1 Å². The minimum absolute atomic E-state index is 0.0387. The zero-order chi connectivity index (χ0) is 23.2. The van der Waals surface area contributed by atoms with Crippen LogP contribution in [0.3, 0.4) is 0 Å². The van der Waals surface area contributed by atoms with E-state index in [1.807, 2.05) is 42.5 Å². The van der Waals surface area contributed by atoms with Gasteiger partial charge in [0.25, 0.3) is 5.91 Å². The maximum Gasteiger partial charge on any atom is 0.322 e. The van der Waals surface area contributed by atoms with E-state index in [9.17, 15) is 14.7 Å². The number of aliphatic hydroxyl groups is 1. The van der Waals surface area contributed by atoms with E-state index < -0.39 is 0 Å². The summed E-state index contributed by atoms with van der Waals surface area (Å²) in [6.07, 6.45) is 0.415. The van der Waals surface area contributed by atoms with Gasteiger partial charge in [0.15, 0.2) is 0 Å². The Balaban J connectivity index is 1.36. The van der Waals surface area contributed by atoms with Crippen molar-refractivity contribution in [1.82, 2.24) is 10.2 Å². The van der Waals surface area contributed by atoms with Crippen molar-refractivity contribution in [2.24, 2.45) is 0 Å². The molecule has 0 saturated carbocycles. The zero-order valence-electron chi connectivity index (χ0n) is 18.0. The summed E-state index contributed by atoms with van der Waals surface area (Å²) in [6.45, 7) is 0.894. The summed E-state index contributed by atoms with van der Waals surface area (Å²) in [5.41, 5.74) is 4.57. The maximum atomic E-state index is 12.7. The molecule has 0 bridgehead atoms. The number of carbonyl (C=O) groups excluding carboxylic acids is 2. The van der Waals surface area contributed by atoms with E-state index >= 15 is 0 Å². The van der Waals surface area contributed by atoms with Crippen molar-refractivity contribution in [3.05, 3.63) is 101 Å². The van der Waals surface area contributed by atoms with E-state index in [-0.39, 0.29) is 24.6 Å². The van der Waals surface area contributed by atoms with Gasteiger partial charge in [-0.15, -0.1) is 0 Å². The first kappa shape index (κ1) is 22.1. The quantitative estimate of drug-likeness (QED) is 0.539. The third kappa shape index (κ3) is 5.20. The van der Waals surface area contributed by atoms with Crippen LogP contribution in [0, 0.1) is 11.3 Å². The molecule has 1 aliphatic heterocycles. The van der Waals surface area contributed by atoms with E-state index in [0.717, 1.165) is 16.7 Å². The predicted octanol–water partition coefficient (Wildman–Crippen LogP) is 3.96. The van der Waals surface area contributed by atoms with E-state index in [1.54, 1.807) is 35.2 Å². The molecule has 3 aromatic rings. The Morgan fingerprint density at radius 3 is 2.42 bits per heavy atom. The number of fused-ring (bicyclic) bond motifs is 1. The van der Waals surface area contributed by atoms with E-state index in [0.29, 0.717) is 36.3 Å². The minimum atomic E-state index is -0.290. The first-order valence-electron chi connectivity index (χ1n) is 10.7. The predicted molar refractivity (Wildman–Crippen MR) is 124 cm³/mol. The molecule has 3 amide bonds. The second kappa shape index (κ2) is 9.98. The molecule has 0 saturated heterocycles. The van der Waals surface area contributed by atoms with Crippen LogP contribution in [0.5, 0.6) is 0 Å². The number of anilines is 1. The fraction of sp³-hybridized carbons (Fsp3) is 0.192. The summed E-state index contributed by atoms with van der Waals surface area (Å²) in [5, 5.41) is 24.2. The summed E-state index contributed by atoms with van der Waals surface area (Å²) in [7, 11) is 0. The van der Waals surface area contributed by atoms with Crippen LogP contribution in [0.4, 0.5) is 10.5 Å². The van der Waals surface area contributed by atoms with E-state index in [2.05, 4.69) is 16.7 Å².